The van der Waals surface area contributed by atoms with Gasteiger partial charge in [0.05, 0.1) is 11.0 Å². The van der Waals surface area contributed by atoms with Crippen LogP contribution in [0.2, 0.25) is 0 Å². The Morgan fingerprint density at radius 3 is 2.57 bits per heavy atom. The molecule has 1 aromatic rings. The molecule has 0 unspecified atom stereocenters. The van der Waals surface area contributed by atoms with E-state index in [1.807, 2.05) is 26.0 Å². The second-order valence-electron chi connectivity index (χ2n) is 9.71. The number of piperidine rings is 1. The lowest BCUT2D eigenvalue weighted by molar-refractivity contribution is -0.140. The molecule has 2 heterocycles. The van der Waals surface area contributed by atoms with E-state index >= 15 is 0 Å². The molecule has 1 atom stereocenters. The molecule has 1 spiro atoms. The zero-order chi connectivity index (χ0) is 21.5. The molecular weight excluding hydrogens is 382 g/mol. The Balaban J connectivity index is 1.47. The van der Waals surface area contributed by atoms with E-state index in [0.717, 1.165) is 75.8 Å². The van der Waals surface area contributed by atoms with Crippen molar-refractivity contribution >= 4 is 23.4 Å². The summed E-state index contributed by atoms with van der Waals surface area (Å²) in [7, 11) is 0. The predicted molar refractivity (Wildman–Crippen MR) is 116 cm³/mol. The average Bonchev–Trinajstić information content (AvgIpc) is 2.97. The highest BCUT2D eigenvalue weighted by atomic mass is 16.4. The minimum absolute atomic E-state index is 0.260. The van der Waals surface area contributed by atoms with Gasteiger partial charge in [0.25, 0.3) is 0 Å². The first kappa shape index (κ1) is 21.0. The normalized spacial score (nSPS) is 32.0. The van der Waals surface area contributed by atoms with Gasteiger partial charge in [-0.05, 0) is 82.6 Å². The molecule has 0 radical (unpaired) electrons. The van der Waals surface area contributed by atoms with Crippen LogP contribution in [0, 0.1) is 12.3 Å². The topological polar surface area (TPSA) is 93.1 Å². The number of carbonyl (C=O) groups excluding carboxylic acids is 1. The van der Waals surface area contributed by atoms with E-state index in [1.165, 1.54) is 0 Å². The summed E-state index contributed by atoms with van der Waals surface area (Å²) >= 11 is 0. The highest BCUT2D eigenvalue weighted by molar-refractivity contribution is 5.86. The lowest BCUT2D eigenvalue weighted by Gasteiger charge is -2.42. The van der Waals surface area contributed by atoms with E-state index in [0.29, 0.717) is 11.6 Å². The minimum Gasteiger partial charge on any atom is -0.465 e. The molecule has 4 rings (SSSR count). The summed E-state index contributed by atoms with van der Waals surface area (Å²) in [5, 5.41) is 21.6. The summed E-state index contributed by atoms with van der Waals surface area (Å²) in [4.78, 5) is 28.8. The number of carbonyl (C=O) groups is 2. The van der Waals surface area contributed by atoms with Gasteiger partial charge in [0.2, 0.25) is 5.91 Å². The fraction of sp³-hybridized carbons (Fsp3) is 0.652. The van der Waals surface area contributed by atoms with E-state index < -0.39 is 11.7 Å². The van der Waals surface area contributed by atoms with Gasteiger partial charge >= 0.3 is 6.09 Å². The standard InChI is InChI=1S/C23H33N3O4/c1-16-14-17(24-21(28)29)4-5-19(16)25-12-3-8-23(15-25)11-13-26(20(23)27)18-6-9-22(2,30)10-7-18/h4-5,14,18,24,30H,3,6-13,15H2,1-2H3,(H,28,29)/t18-,22-,23-/m1/s1. The fourth-order valence-electron chi connectivity index (χ4n) is 5.66. The monoisotopic (exact) mass is 415 g/mol. The van der Waals surface area contributed by atoms with Crippen LogP contribution < -0.4 is 10.2 Å². The number of anilines is 2. The molecule has 1 aliphatic carbocycles. The third-order valence-electron chi connectivity index (χ3n) is 7.38. The number of likely N-dealkylation sites (tertiary alicyclic amines) is 1. The van der Waals surface area contributed by atoms with Crippen LogP contribution in [0.15, 0.2) is 18.2 Å². The van der Waals surface area contributed by atoms with Crippen molar-refractivity contribution in [3.8, 4) is 0 Å². The maximum absolute atomic E-state index is 13.5. The second-order valence-corrected chi connectivity index (χ2v) is 9.71. The van der Waals surface area contributed by atoms with E-state index in [9.17, 15) is 14.7 Å². The van der Waals surface area contributed by atoms with Gasteiger partial charge in [0.1, 0.15) is 0 Å². The summed E-state index contributed by atoms with van der Waals surface area (Å²) < 4.78 is 0. The molecule has 3 aliphatic rings. The van der Waals surface area contributed by atoms with Gasteiger partial charge in [-0.15, -0.1) is 0 Å². The number of hydrogen-bond donors (Lipinski definition) is 3. The van der Waals surface area contributed by atoms with Crippen LogP contribution >= 0.6 is 0 Å². The molecule has 0 aromatic heterocycles. The van der Waals surface area contributed by atoms with Gasteiger partial charge in [-0.2, -0.15) is 0 Å². The highest BCUT2D eigenvalue weighted by Gasteiger charge is 2.51. The largest absolute Gasteiger partial charge is 0.465 e. The Bertz CT molecular complexity index is 830. The molecule has 1 aromatic carbocycles. The van der Waals surface area contributed by atoms with E-state index in [-0.39, 0.29) is 11.5 Å². The molecule has 7 nitrogen and oxygen atoms in total. The number of rotatable bonds is 3. The number of hydrogen-bond acceptors (Lipinski definition) is 4. The summed E-state index contributed by atoms with van der Waals surface area (Å²) in [5.74, 6) is 0.292. The quantitative estimate of drug-likeness (QED) is 0.701. The molecule has 2 amide bonds. The summed E-state index contributed by atoms with van der Waals surface area (Å²) in [6, 6.07) is 5.85. The second kappa shape index (κ2) is 7.76. The summed E-state index contributed by atoms with van der Waals surface area (Å²) in [6.07, 6.45) is 5.03. The number of benzene rings is 1. The minimum atomic E-state index is -1.07. The predicted octanol–water partition coefficient (Wildman–Crippen LogP) is 3.60. The smallest absolute Gasteiger partial charge is 0.409 e. The van der Waals surface area contributed by atoms with Gasteiger partial charge < -0.3 is 20.0 Å². The van der Waals surface area contributed by atoms with Crippen LogP contribution in [-0.2, 0) is 4.79 Å². The van der Waals surface area contributed by atoms with Gasteiger partial charge in [0.15, 0.2) is 0 Å². The number of aryl methyl sites for hydroxylation is 1. The van der Waals surface area contributed by atoms with Gasteiger partial charge in [-0.25, -0.2) is 4.79 Å². The van der Waals surface area contributed by atoms with Crippen molar-refractivity contribution in [1.82, 2.24) is 4.90 Å². The number of aliphatic hydroxyl groups is 1. The maximum atomic E-state index is 13.5. The van der Waals surface area contributed by atoms with E-state index in [2.05, 4.69) is 15.1 Å². The van der Waals surface area contributed by atoms with Crippen LogP contribution in [0.25, 0.3) is 0 Å². The Labute approximate surface area is 178 Å². The Hall–Kier alpha value is -2.28. The van der Waals surface area contributed by atoms with Gasteiger partial charge in [-0.1, -0.05) is 0 Å². The summed E-state index contributed by atoms with van der Waals surface area (Å²) in [5.41, 5.74) is 1.74. The van der Waals surface area contributed by atoms with Crippen molar-refractivity contribution in [2.24, 2.45) is 5.41 Å². The molecule has 164 valence electrons. The van der Waals surface area contributed by atoms with Crippen LogP contribution in [-0.4, -0.2) is 58.4 Å². The fourth-order valence-corrected chi connectivity index (χ4v) is 5.66. The highest BCUT2D eigenvalue weighted by Crippen LogP contribution is 2.44. The van der Waals surface area contributed by atoms with Crippen molar-refractivity contribution in [2.75, 3.05) is 29.9 Å². The molecule has 0 bridgehead atoms. The first-order valence-corrected chi connectivity index (χ1v) is 11.1. The molecular formula is C23H33N3O4. The molecule has 2 aliphatic heterocycles. The molecule has 1 saturated carbocycles. The lowest BCUT2D eigenvalue weighted by atomic mass is 9.78. The average molecular weight is 416 g/mol. The van der Waals surface area contributed by atoms with E-state index in [1.54, 1.807) is 6.07 Å². The van der Waals surface area contributed by atoms with Crippen molar-refractivity contribution in [2.45, 2.75) is 70.4 Å². The van der Waals surface area contributed by atoms with Gasteiger partial charge in [0, 0.05) is 37.1 Å². The number of nitrogens with zero attached hydrogens (tertiary/aromatic N) is 2. The van der Waals surface area contributed by atoms with Gasteiger partial charge in [-0.3, -0.25) is 10.1 Å². The summed E-state index contributed by atoms with van der Waals surface area (Å²) in [6.45, 7) is 6.34. The third kappa shape index (κ3) is 4.00. The van der Waals surface area contributed by atoms with Crippen LogP contribution in [0.3, 0.4) is 0 Å². The van der Waals surface area contributed by atoms with E-state index in [4.69, 9.17) is 5.11 Å². The van der Waals surface area contributed by atoms with Crippen molar-refractivity contribution < 1.29 is 19.8 Å². The third-order valence-corrected chi connectivity index (χ3v) is 7.38. The molecule has 3 N–H and O–H groups in total. The van der Waals surface area contributed by atoms with Crippen LogP contribution in [0.1, 0.15) is 57.4 Å². The van der Waals surface area contributed by atoms with Crippen LogP contribution in [0.5, 0.6) is 0 Å². The zero-order valence-corrected chi connectivity index (χ0v) is 18.0. The number of nitrogens with one attached hydrogen (secondary N) is 1. The first-order valence-electron chi connectivity index (χ1n) is 11.1. The zero-order valence-electron chi connectivity index (χ0n) is 18.0. The Morgan fingerprint density at radius 1 is 1.17 bits per heavy atom. The molecule has 7 heteroatoms. The van der Waals surface area contributed by atoms with Crippen molar-refractivity contribution in [1.29, 1.82) is 0 Å². The van der Waals surface area contributed by atoms with Crippen molar-refractivity contribution in [3.63, 3.8) is 0 Å². The molecule has 30 heavy (non-hydrogen) atoms. The molecule has 3 fully saturated rings. The first-order chi connectivity index (χ1) is 14.2. The lowest BCUT2D eigenvalue weighted by Crippen LogP contribution is -2.50. The maximum Gasteiger partial charge on any atom is 0.409 e. The Kier molecular flexibility index (Phi) is 5.43. The van der Waals surface area contributed by atoms with Crippen LogP contribution in [0.4, 0.5) is 16.2 Å². The SMILES string of the molecule is Cc1cc(NC(=O)O)ccc1N1CCC[C@@]2(CCN([C@H]3CC[C@](C)(O)CC3)C2=O)C1. The molecule has 2 saturated heterocycles. The Morgan fingerprint density at radius 2 is 1.90 bits per heavy atom. The number of amides is 2. The van der Waals surface area contributed by atoms with Crippen molar-refractivity contribution in [3.05, 3.63) is 23.8 Å². The number of carboxylic acid groups (broad SMARTS) is 1.